The summed E-state index contributed by atoms with van der Waals surface area (Å²) in [7, 11) is 0. The second-order valence-electron chi connectivity index (χ2n) is 5.79. The third kappa shape index (κ3) is 7.32. The summed E-state index contributed by atoms with van der Waals surface area (Å²) in [6.45, 7) is 10.6. The molecule has 25 heavy (non-hydrogen) atoms. The Labute approximate surface area is 147 Å². The molecule has 0 heterocycles. The molecule has 7 nitrogen and oxygen atoms in total. The maximum absolute atomic E-state index is 12.0. The van der Waals surface area contributed by atoms with E-state index in [9.17, 15) is 29.4 Å². The van der Waals surface area contributed by atoms with Crippen LogP contribution in [0.4, 0.5) is 0 Å². The lowest BCUT2D eigenvalue weighted by molar-refractivity contribution is -0.157. The lowest BCUT2D eigenvalue weighted by atomic mass is 9.94. The van der Waals surface area contributed by atoms with Crippen molar-refractivity contribution in [2.45, 2.75) is 52.4 Å². The molecule has 0 saturated carbocycles. The molecule has 0 spiro atoms. The summed E-state index contributed by atoms with van der Waals surface area (Å²) < 4.78 is 4.59. The van der Waals surface area contributed by atoms with Gasteiger partial charge >= 0.3 is 23.9 Å². The van der Waals surface area contributed by atoms with E-state index in [0.29, 0.717) is 12.8 Å². The molecule has 0 aromatic heterocycles. The van der Waals surface area contributed by atoms with Crippen LogP contribution in [-0.4, -0.2) is 34.1 Å². The zero-order valence-electron chi connectivity index (χ0n) is 14.7. The molecule has 2 N–H and O–H groups in total. The van der Waals surface area contributed by atoms with Gasteiger partial charge in [0.2, 0.25) is 0 Å². The van der Waals surface area contributed by atoms with Gasteiger partial charge in [-0.25, -0.2) is 9.59 Å². The molecule has 0 fully saturated rings. The summed E-state index contributed by atoms with van der Waals surface area (Å²) in [6.07, 6.45) is 3.01. The number of carboxylic acid groups (broad SMARTS) is 2. The third-order valence-electron chi connectivity index (χ3n) is 3.84. The van der Waals surface area contributed by atoms with Crippen molar-refractivity contribution in [1.29, 1.82) is 0 Å². The molecule has 0 aromatic carbocycles. The van der Waals surface area contributed by atoms with E-state index in [1.165, 1.54) is 0 Å². The van der Waals surface area contributed by atoms with E-state index in [0.717, 1.165) is 12.8 Å². The molecule has 0 aliphatic rings. The van der Waals surface area contributed by atoms with Crippen LogP contribution in [0.5, 0.6) is 0 Å². The normalized spacial score (nSPS) is 12.7. The average molecular weight is 354 g/mol. The topological polar surface area (TPSA) is 118 Å². The van der Waals surface area contributed by atoms with Gasteiger partial charge in [-0.1, -0.05) is 52.7 Å². The molecule has 0 aromatic rings. The predicted octanol–water partition coefficient (Wildman–Crippen LogP) is 2.95. The second kappa shape index (κ2) is 11.2. The summed E-state index contributed by atoms with van der Waals surface area (Å²) in [5.41, 5.74) is -0.690. The molecular formula is C18H26O7. The van der Waals surface area contributed by atoms with Crippen LogP contribution in [-0.2, 0) is 23.9 Å². The monoisotopic (exact) mass is 354 g/mol. The number of carbonyl (C=O) groups is 4. The fraction of sp³-hybridized carbons (Fsp3) is 0.556. The Hall–Kier alpha value is -2.44. The van der Waals surface area contributed by atoms with Crippen LogP contribution >= 0.6 is 0 Å². The zero-order valence-corrected chi connectivity index (χ0v) is 14.7. The molecule has 0 amide bonds. The zero-order chi connectivity index (χ0) is 19.6. The summed E-state index contributed by atoms with van der Waals surface area (Å²) >= 11 is 0. The van der Waals surface area contributed by atoms with Crippen molar-refractivity contribution in [3.05, 3.63) is 24.3 Å². The number of rotatable bonds is 12. The van der Waals surface area contributed by atoms with E-state index in [1.54, 1.807) is 0 Å². The van der Waals surface area contributed by atoms with Gasteiger partial charge in [0.1, 0.15) is 0 Å². The highest BCUT2D eigenvalue weighted by Gasteiger charge is 2.31. The molecule has 2 unspecified atom stereocenters. The van der Waals surface area contributed by atoms with E-state index >= 15 is 0 Å². The van der Waals surface area contributed by atoms with Crippen molar-refractivity contribution in [1.82, 2.24) is 0 Å². The summed E-state index contributed by atoms with van der Waals surface area (Å²) in [5, 5.41) is 18.3. The van der Waals surface area contributed by atoms with Crippen molar-refractivity contribution in [3.63, 3.8) is 0 Å². The van der Waals surface area contributed by atoms with Gasteiger partial charge in [-0.15, -0.1) is 0 Å². The third-order valence-corrected chi connectivity index (χ3v) is 3.84. The van der Waals surface area contributed by atoms with Gasteiger partial charge in [-0.2, -0.15) is 0 Å². The van der Waals surface area contributed by atoms with Crippen LogP contribution in [0.25, 0.3) is 0 Å². The minimum Gasteiger partial charge on any atom is -0.481 e. The first kappa shape index (κ1) is 22.6. The molecule has 0 aliphatic heterocycles. The van der Waals surface area contributed by atoms with Crippen LogP contribution in [0, 0.1) is 11.8 Å². The first-order chi connectivity index (χ1) is 11.7. The van der Waals surface area contributed by atoms with E-state index < -0.39 is 35.7 Å². The number of unbranched alkanes of at least 4 members (excludes halogenated alkanes) is 2. The van der Waals surface area contributed by atoms with Crippen molar-refractivity contribution < 1.29 is 34.1 Å². The van der Waals surface area contributed by atoms with Gasteiger partial charge in [-0.3, -0.25) is 9.59 Å². The Balaban J connectivity index is 4.98. The first-order valence-corrected chi connectivity index (χ1v) is 8.26. The quantitative estimate of drug-likeness (QED) is 0.314. The fourth-order valence-corrected chi connectivity index (χ4v) is 2.21. The van der Waals surface area contributed by atoms with Crippen molar-refractivity contribution >= 4 is 23.9 Å². The standard InChI is InChI=1S/C18H26O7/c1-5-7-9-13(15(19)20)11(3)17(23)25-18(24)12(4)14(16(21)22)10-8-6-2/h13-14H,3-10H2,1-2H3,(H,19,20)(H,21,22). The Morgan fingerprint density at radius 1 is 0.800 bits per heavy atom. The van der Waals surface area contributed by atoms with Crippen molar-refractivity contribution in [3.8, 4) is 0 Å². The highest BCUT2D eigenvalue weighted by atomic mass is 16.6. The van der Waals surface area contributed by atoms with Crippen LogP contribution in [0.2, 0.25) is 0 Å². The van der Waals surface area contributed by atoms with Gasteiger partial charge in [0.25, 0.3) is 0 Å². The van der Waals surface area contributed by atoms with Crippen molar-refractivity contribution in [2.24, 2.45) is 11.8 Å². The van der Waals surface area contributed by atoms with Gasteiger partial charge < -0.3 is 14.9 Å². The van der Waals surface area contributed by atoms with Crippen molar-refractivity contribution in [2.75, 3.05) is 0 Å². The molecular weight excluding hydrogens is 328 g/mol. The molecule has 0 rings (SSSR count). The predicted molar refractivity (Wildman–Crippen MR) is 90.7 cm³/mol. The van der Waals surface area contributed by atoms with E-state index in [-0.39, 0.29) is 24.0 Å². The largest absolute Gasteiger partial charge is 0.481 e. The summed E-state index contributed by atoms with van der Waals surface area (Å²) in [6, 6.07) is 0. The number of carboxylic acids is 2. The highest BCUT2D eigenvalue weighted by Crippen LogP contribution is 2.22. The second-order valence-corrected chi connectivity index (χ2v) is 5.79. The molecule has 0 saturated heterocycles. The lowest BCUT2D eigenvalue weighted by Gasteiger charge is -2.16. The molecule has 0 aliphatic carbocycles. The van der Waals surface area contributed by atoms with E-state index in [2.05, 4.69) is 17.9 Å². The Morgan fingerprint density at radius 3 is 1.36 bits per heavy atom. The lowest BCUT2D eigenvalue weighted by Crippen LogP contribution is -2.27. The number of esters is 2. The average Bonchev–Trinajstić information content (AvgIpc) is 2.54. The van der Waals surface area contributed by atoms with Gasteiger partial charge in [0.05, 0.1) is 11.8 Å². The van der Waals surface area contributed by atoms with Crippen LogP contribution < -0.4 is 0 Å². The van der Waals surface area contributed by atoms with Crippen LogP contribution in [0.3, 0.4) is 0 Å². The maximum Gasteiger partial charge on any atom is 0.342 e. The Bertz CT molecular complexity index is 500. The first-order valence-electron chi connectivity index (χ1n) is 8.26. The fourth-order valence-electron chi connectivity index (χ4n) is 2.21. The minimum atomic E-state index is -1.23. The Morgan fingerprint density at radius 2 is 1.12 bits per heavy atom. The number of hydrogen-bond donors (Lipinski definition) is 2. The SMILES string of the molecule is C=C(C(=O)OC(=O)C(=C)C(CCCC)C(=O)O)C(CCCC)C(=O)O. The number of ether oxygens (including phenoxy) is 1. The minimum absolute atomic E-state index is 0.198. The summed E-state index contributed by atoms with van der Waals surface area (Å²) in [5.74, 6) is -7.10. The molecule has 0 bridgehead atoms. The van der Waals surface area contributed by atoms with Gasteiger partial charge in [0, 0.05) is 11.1 Å². The van der Waals surface area contributed by atoms with Gasteiger partial charge in [0.15, 0.2) is 0 Å². The smallest absolute Gasteiger partial charge is 0.342 e. The summed E-state index contributed by atoms with van der Waals surface area (Å²) in [4.78, 5) is 46.4. The molecule has 140 valence electrons. The molecule has 0 radical (unpaired) electrons. The van der Waals surface area contributed by atoms with E-state index in [4.69, 9.17) is 0 Å². The molecule has 2 atom stereocenters. The highest BCUT2D eigenvalue weighted by molar-refractivity contribution is 6.05. The Kier molecular flexibility index (Phi) is 10.1. The number of aliphatic carboxylic acids is 2. The number of carbonyl (C=O) groups excluding carboxylic acids is 2. The maximum atomic E-state index is 12.0. The molecule has 7 heteroatoms. The van der Waals surface area contributed by atoms with E-state index in [1.807, 2.05) is 13.8 Å². The van der Waals surface area contributed by atoms with Crippen LogP contribution in [0.15, 0.2) is 24.3 Å². The number of hydrogen-bond acceptors (Lipinski definition) is 5. The van der Waals surface area contributed by atoms with Crippen LogP contribution in [0.1, 0.15) is 52.4 Å². The van der Waals surface area contributed by atoms with Gasteiger partial charge in [-0.05, 0) is 12.8 Å².